The first-order valence-corrected chi connectivity index (χ1v) is 21.1. The summed E-state index contributed by atoms with van der Waals surface area (Å²) in [4.78, 5) is 5.03. The monoisotopic (exact) mass is 786 g/mol. The molecule has 2 aromatic heterocycles. The first-order valence-electron chi connectivity index (χ1n) is 19.4. The smallest absolute Gasteiger partial charge is 0.256 e. The Morgan fingerprint density at radius 3 is 1.33 bits per heavy atom. The molecular formula is C49H31BN2O4S2. The minimum atomic E-state index is -0.0289. The molecule has 0 fully saturated rings. The fourth-order valence-electron chi connectivity index (χ4n) is 9.48. The molecule has 0 spiro atoms. The van der Waals surface area contributed by atoms with E-state index in [1.807, 2.05) is 22.7 Å². The number of hydrogen-bond donors (Lipinski definition) is 0. The Labute approximate surface area is 342 Å². The molecule has 4 aliphatic rings. The molecular weight excluding hydrogens is 755 g/mol. The van der Waals surface area contributed by atoms with E-state index in [1.54, 1.807) is 0 Å². The molecule has 13 rings (SSSR count). The molecule has 6 nitrogen and oxygen atoms in total. The summed E-state index contributed by atoms with van der Waals surface area (Å²) in [5, 5.41) is 4.99. The summed E-state index contributed by atoms with van der Waals surface area (Å²) < 4.78 is 26.8. The van der Waals surface area contributed by atoms with Crippen molar-refractivity contribution in [2.75, 3.05) is 23.4 Å². The van der Waals surface area contributed by atoms with Crippen LogP contribution in [0.15, 0.2) is 146 Å². The summed E-state index contributed by atoms with van der Waals surface area (Å²) in [5.41, 5.74) is 13.9. The first kappa shape index (κ1) is 32.4. The van der Waals surface area contributed by atoms with Gasteiger partial charge in [-0.05, 0) is 87.2 Å². The SMILES string of the molecule is Cc1cc2c3c(c1)N(c1cc4c(cc1-c1ccccc1)OCO4)c1sc4ccccc4c1B3c1c(sc3ccccc13)N2c1cc2c(cc1-c1ccccc1)OCO2. The molecule has 0 saturated carbocycles. The molecule has 0 unspecified atom stereocenters. The maximum absolute atomic E-state index is 6.13. The predicted octanol–water partition coefficient (Wildman–Crippen LogP) is 11.3. The molecule has 4 aliphatic heterocycles. The lowest BCUT2D eigenvalue weighted by Gasteiger charge is -2.43. The van der Waals surface area contributed by atoms with E-state index in [0.29, 0.717) is 0 Å². The number of nitrogens with zero attached hydrogens (tertiary/aromatic N) is 2. The summed E-state index contributed by atoms with van der Waals surface area (Å²) in [6.45, 7) is 2.59. The highest BCUT2D eigenvalue weighted by Gasteiger charge is 2.48. The van der Waals surface area contributed by atoms with Crippen molar-refractivity contribution >= 4 is 98.7 Å². The molecule has 7 aromatic carbocycles. The van der Waals surface area contributed by atoms with Crippen molar-refractivity contribution in [1.82, 2.24) is 0 Å². The second kappa shape index (κ2) is 12.2. The molecule has 276 valence electrons. The van der Waals surface area contributed by atoms with Crippen LogP contribution in [0.2, 0.25) is 0 Å². The molecule has 0 radical (unpaired) electrons. The number of aryl methyl sites for hydroxylation is 1. The fraction of sp³-hybridized carbons (Fsp3) is 0.0612. The van der Waals surface area contributed by atoms with Crippen molar-refractivity contribution in [3.8, 4) is 45.3 Å². The van der Waals surface area contributed by atoms with E-state index >= 15 is 0 Å². The van der Waals surface area contributed by atoms with Crippen molar-refractivity contribution in [2.24, 2.45) is 0 Å². The van der Waals surface area contributed by atoms with Gasteiger partial charge in [-0.25, -0.2) is 0 Å². The number of benzene rings is 7. The minimum absolute atomic E-state index is 0.0289. The van der Waals surface area contributed by atoms with Gasteiger partial charge in [-0.1, -0.05) is 97.1 Å². The molecule has 0 saturated heterocycles. The van der Waals surface area contributed by atoms with E-state index in [1.165, 1.54) is 52.1 Å². The molecule has 0 aliphatic carbocycles. The summed E-state index contributed by atoms with van der Waals surface area (Å²) in [6.07, 6.45) is 0. The van der Waals surface area contributed by atoms with Gasteiger partial charge < -0.3 is 28.7 Å². The number of anilines is 6. The highest BCUT2D eigenvalue weighted by atomic mass is 32.1. The van der Waals surface area contributed by atoms with Gasteiger partial charge in [0, 0.05) is 44.0 Å². The molecule has 0 atom stereocenters. The van der Waals surface area contributed by atoms with Crippen LogP contribution in [-0.4, -0.2) is 20.3 Å². The van der Waals surface area contributed by atoms with E-state index in [9.17, 15) is 0 Å². The lowest BCUT2D eigenvalue weighted by Crippen LogP contribution is -2.60. The van der Waals surface area contributed by atoms with Crippen LogP contribution in [-0.2, 0) is 0 Å². The number of thiophene rings is 2. The van der Waals surface area contributed by atoms with Crippen molar-refractivity contribution in [3.63, 3.8) is 0 Å². The largest absolute Gasteiger partial charge is 0.454 e. The third-order valence-corrected chi connectivity index (χ3v) is 14.2. The van der Waals surface area contributed by atoms with E-state index in [-0.39, 0.29) is 20.3 Å². The zero-order valence-corrected chi connectivity index (χ0v) is 32.8. The Bertz CT molecular complexity index is 2970. The Morgan fingerprint density at radius 1 is 0.448 bits per heavy atom. The van der Waals surface area contributed by atoms with Gasteiger partial charge in [-0.3, -0.25) is 0 Å². The minimum Gasteiger partial charge on any atom is -0.454 e. The first-order chi connectivity index (χ1) is 28.7. The highest BCUT2D eigenvalue weighted by Crippen LogP contribution is 2.55. The fourth-order valence-corrected chi connectivity index (χ4v) is 12.0. The van der Waals surface area contributed by atoms with E-state index in [2.05, 4.69) is 162 Å². The average Bonchev–Trinajstić information content (AvgIpc) is 4.08. The maximum Gasteiger partial charge on any atom is 0.256 e. The van der Waals surface area contributed by atoms with Crippen molar-refractivity contribution in [3.05, 3.63) is 151 Å². The Kier molecular flexibility index (Phi) is 6.80. The summed E-state index contributed by atoms with van der Waals surface area (Å²) in [5.74, 6) is 3.03. The zero-order valence-electron chi connectivity index (χ0n) is 31.2. The van der Waals surface area contributed by atoms with Crippen molar-refractivity contribution < 1.29 is 18.9 Å². The summed E-state index contributed by atoms with van der Waals surface area (Å²) >= 11 is 3.73. The van der Waals surface area contributed by atoms with Crippen LogP contribution in [0.4, 0.5) is 32.8 Å². The Hall–Kier alpha value is -6.68. The second-order valence-electron chi connectivity index (χ2n) is 15.1. The molecule has 58 heavy (non-hydrogen) atoms. The van der Waals surface area contributed by atoms with Gasteiger partial charge in [0.05, 0.1) is 21.4 Å². The van der Waals surface area contributed by atoms with Gasteiger partial charge in [0.1, 0.15) is 0 Å². The zero-order chi connectivity index (χ0) is 38.1. The molecule has 0 bridgehead atoms. The van der Waals surface area contributed by atoms with Gasteiger partial charge in [-0.15, -0.1) is 22.7 Å². The van der Waals surface area contributed by atoms with Gasteiger partial charge in [0.25, 0.3) is 6.71 Å². The maximum atomic E-state index is 6.13. The average molecular weight is 787 g/mol. The number of hydrogen-bond acceptors (Lipinski definition) is 8. The number of ether oxygens (including phenoxy) is 4. The van der Waals surface area contributed by atoms with E-state index < -0.39 is 0 Å². The van der Waals surface area contributed by atoms with Gasteiger partial charge >= 0.3 is 0 Å². The van der Waals surface area contributed by atoms with Crippen LogP contribution in [0.5, 0.6) is 23.0 Å². The lowest BCUT2D eigenvalue weighted by atomic mass is 9.33. The normalized spacial score (nSPS) is 14.3. The van der Waals surface area contributed by atoms with Crippen LogP contribution in [0.25, 0.3) is 42.4 Å². The van der Waals surface area contributed by atoms with Crippen LogP contribution < -0.4 is 45.1 Å². The molecule has 0 amide bonds. The van der Waals surface area contributed by atoms with Crippen LogP contribution in [0, 0.1) is 6.92 Å². The van der Waals surface area contributed by atoms with Gasteiger partial charge in [-0.2, -0.15) is 0 Å². The Balaban J connectivity index is 1.18. The van der Waals surface area contributed by atoms with Crippen LogP contribution in [0.1, 0.15) is 5.56 Å². The standard InChI is InChI=1S/C49H31BN2O4S2/c1-28-20-37-47-38(21-28)52(36-25-42-40(54-27-56-42)23-34(36)30-14-6-3-7-15-30)49-46(32-17-9-11-19-44(32)58-49)50(47)45-31-16-8-10-18-43(31)57-48(45)51(37)35-24-41-39(53-26-55-41)22-33(35)29-12-4-2-5-13-29/h2-25H,26-27H2,1H3. The third kappa shape index (κ3) is 4.54. The second-order valence-corrected chi connectivity index (χ2v) is 17.2. The lowest BCUT2D eigenvalue weighted by molar-refractivity contribution is 0.173. The topological polar surface area (TPSA) is 43.4 Å². The van der Waals surface area contributed by atoms with Gasteiger partial charge in [0.2, 0.25) is 13.6 Å². The molecule has 9 heteroatoms. The van der Waals surface area contributed by atoms with E-state index in [4.69, 9.17) is 18.9 Å². The van der Waals surface area contributed by atoms with Gasteiger partial charge in [0.15, 0.2) is 23.0 Å². The number of rotatable bonds is 4. The highest BCUT2D eigenvalue weighted by molar-refractivity contribution is 7.29. The van der Waals surface area contributed by atoms with Crippen LogP contribution in [0.3, 0.4) is 0 Å². The van der Waals surface area contributed by atoms with Crippen molar-refractivity contribution in [1.29, 1.82) is 0 Å². The number of fused-ring (bicyclic) bond motifs is 10. The predicted molar refractivity (Wildman–Crippen MR) is 239 cm³/mol. The quantitative estimate of drug-likeness (QED) is 0.166. The molecule has 9 aromatic rings. The van der Waals surface area contributed by atoms with Crippen molar-refractivity contribution in [2.45, 2.75) is 6.92 Å². The van der Waals surface area contributed by atoms with Crippen LogP contribution >= 0.6 is 22.7 Å². The van der Waals surface area contributed by atoms with E-state index in [0.717, 1.165) is 68.0 Å². The Morgan fingerprint density at radius 2 is 0.862 bits per heavy atom. The summed E-state index contributed by atoms with van der Waals surface area (Å²) in [7, 11) is 0. The molecule has 6 heterocycles. The molecule has 0 N–H and O–H groups in total. The summed E-state index contributed by atoms with van der Waals surface area (Å²) in [6, 6.07) is 52.6. The third-order valence-electron chi connectivity index (χ3n) is 11.9.